The first kappa shape index (κ1) is 29.0. The van der Waals surface area contributed by atoms with E-state index < -0.39 is 6.04 Å². The van der Waals surface area contributed by atoms with Crippen LogP contribution in [0.5, 0.6) is 0 Å². The molecule has 3 aromatic carbocycles. The summed E-state index contributed by atoms with van der Waals surface area (Å²) in [6, 6.07) is 23.8. The fraction of sp³-hybridized carbons (Fsp3) is 0.355. The van der Waals surface area contributed by atoms with E-state index >= 15 is 0 Å². The Labute approximate surface area is 234 Å². The van der Waals surface area contributed by atoms with Crippen LogP contribution in [-0.4, -0.2) is 35.1 Å². The predicted octanol–water partition coefficient (Wildman–Crippen LogP) is 6.86. The highest BCUT2D eigenvalue weighted by Gasteiger charge is 2.30. The average Bonchev–Trinajstić information content (AvgIpc) is 2.86. The van der Waals surface area contributed by atoms with Crippen molar-refractivity contribution in [2.24, 2.45) is 0 Å². The average molecular weight is 582 g/mol. The molecule has 1 unspecified atom stereocenters. The minimum Gasteiger partial charge on any atom is -0.354 e. The van der Waals surface area contributed by atoms with Crippen molar-refractivity contribution in [1.82, 2.24) is 10.2 Å². The highest BCUT2D eigenvalue weighted by molar-refractivity contribution is 9.10. The van der Waals surface area contributed by atoms with Crippen LogP contribution in [0.2, 0.25) is 0 Å². The summed E-state index contributed by atoms with van der Waals surface area (Å²) in [4.78, 5) is 29.0. The lowest BCUT2D eigenvalue weighted by molar-refractivity contribution is -0.139. The molecule has 4 nitrogen and oxygen atoms in total. The van der Waals surface area contributed by atoms with Gasteiger partial charge < -0.3 is 10.2 Å². The van der Waals surface area contributed by atoms with E-state index in [4.69, 9.17) is 0 Å². The molecule has 0 bridgehead atoms. The number of nitrogens with zero attached hydrogens (tertiary/aromatic N) is 1. The van der Waals surface area contributed by atoms with Gasteiger partial charge in [0.15, 0.2) is 0 Å². The van der Waals surface area contributed by atoms with Crippen molar-refractivity contribution in [1.29, 1.82) is 0 Å². The first-order valence-electron chi connectivity index (χ1n) is 12.9. The van der Waals surface area contributed by atoms with E-state index in [0.29, 0.717) is 25.3 Å². The maximum absolute atomic E-state index is 13.7. The highest BCUT2D eigenvalue weighted by Crippen LogP contribution is 2.21. The number of hydrogen-bond acceptors (Lipinski definition) is 3. The highest BCUT2D eigenvalue weighted by atomic mass is 79.9. The zero-order chi connectivity index (χ0) is 26.6. The number of rotatable bonds is 13. The second kappa shape index (κ2) is 15.0. The molecule has 0 aliphatic heterocycles. The quantitative estimate of drug-likeness (QED) is 0.225. The van der Waals surface area contributed by atoms with Gasteiger partial charge in [-0.3, -0.25) is 9.59 Å². The van der Waals surface area contributed by atoms with Gasteiger partial charge in [0.05, 0.1) is 5.75 Å². The van der Waals surface area contributed by atoms with Crippen LogP contribution in [0.25, 0.3) is 0 Å². The SMILES string of the molecule is CCCCNC(=O)C(Cc1ccccc1)N(Cc1cccc(Br)c1)C(=O)CSCc1cc(C)cc(C)c1. The molecule has 0 aliphatic carbocycles. The van der Waals surface area contributed by atoms with Gasteiger partial charge in [-0.1, -0.05) is 101 Å². The zero-order valence-corrected chi connectivity index (χ0v) is 24.4. The Bertz CT molecular complexity index is 1150. The summed E-state index contributed by atoms with van der Waals surface area (Å²) in [6.07, 6.45) is 2.38. The summed E-state index contributed by atoms with van der Waals surface area (Å²) in [5, 5.41) is 3.08. The van der Waals surface area contributed by atoms with Gasteiger partial charge in [-0.05, 0) is 49.1 Å². The lowest BCUT2D eigenvalue weighted by atomic mass is 10.0. The number of carbonyl (C=O) groups excluding carboxylic acids is 2. The van der Waals surface area contributed by atoms with Gasteiger partial charge in [0.2, 0.25) is 11.8 Å². The van der Waals surface area contributed by atoms with E-state index in [9.17, 15) is 9.59 Å². The van der Waals surface area contributed by atoms with E-state index in [1.54, 1.807) is 16.7 Å². The third kappa shape index (κ3) is 9.67. The normalized spacial score (nSPS) is 11.7. The Balaban J connectivity index is 1.83. The van der Waals surface area contributed by atoms with Crippen molar-refractivity contribution in [3.63, 3.8) is 0 Å². The van der Waals surface area contributed by atoms with Crippen LogP contribution < -0.4 is 5.32 Å². The number of aryl methyl sites for hydroxylation is 2. The molecule has 0 heterocycles. The molecule has 0 saturated carbocycles. The fourth-order valence-electron chi connectivity index (χ4n) is 4.38. The third-order valence-electron chi connectivity index (χ3n) is 6.12. The second-order valence-electron chi connectivity index (χ2n) is 9.49. The van der Waals surface area contributed by atoms with Crippen molar-refractivity contribution in [2.75, 3.05) is 12.3 Å². The van der Waals surface area contributed by atoms with Crippen molar-refractivity contribution < 1.29 is 9.59 Å². The summed E-state index contributed by atoms with van der Waals surface area (Å²) in [6.45, 7) is 7.28. The predicted molar refractivity (Wildman–Crippen MR) is 159 cm³/mol. The Morgan fingerprint density at radius 2 is 1.62 bits per heavy atom. The van der Waals surface area contributed by atoms with Gasteiger partial charge >= 0.3 is 0 Å². The molecule has 3 rings (SSSR count). The minimum atomic E-state index is -0.590. The maximum atomic E-state index is 13.7. The van der Waals surface area contributed by atoms with Gasteiger partial charge in [0.1, 0.15) is 6.04 Å². The summed E-state index contributed by atoms with van der Waals surface area (Å²) < 4.78 is 0.952. The van der Waals surface area contributed by atoms with Gasteiger partial charge in [0.25, 0.3) is 0 Å². The van der Waals surface area contributed by atoms with Crippen LogP contribution in [0.1, 0.15) is 47.6 Å². The molecule has 0 aromatic heterocycles. The van der Waals surface area contributed by atoms with E-state index in [1.807, 2.05) is 54.6 Å². The second-order valence-corrected chi connectivity index (χ2v) is 11.4. The van der Waals surface area contributed by atoms with Crippen molar-refractivity contribution >= 4 is 39.5 Å². The van der Waals surface area contributed by atoms with E-state index in [1.165, 1.54) is 16.7 Å². The smallest absolute Gasteiger partial charge is 0.243 e. The number of unbranched alkanes of at least 4 members (excludes halogenated alkanes) is 1. The largest absolute Gasteiger partial charge is 0.354 e. The van der Waals surface area contributed by atoms with Crippen LogP contribution in [0, 0.1) is 13.8 Å². The molecule has 0 saturated heterocycles. The van der Waals surface area contributed by atoms with Crippen LogP contribution >= 0.6 is 27.7 Å². The maximum Gasteiger partial charge on any atom is 0.243 e. The molecule has 3 aromatic rings. The van der Waals surface area contributed by atoms with E-state index in [2.05, 4.69) is 60.2 Å². The number of hydrogen-bond donors (Lipinski definition) is 1. The lowest BCUT2D eigenvalue weighted by Crippen LogP contribution is -2.51. The molecule has 0 fully saturated rings. The molecule has 0 spiro atoms. The van der Waals surface area contributed by atoms with Gasteiger partial charge in [-0.2, -0.15) is 0 Å². The van der Waals surface area contributed by atoms with E-state index in [0.717, 1.165) is 34.2 Å². The molecule has 1 atom stereocenters. The number of benzene rings is 3. The van der Waals surface area contributed by atoms with Crippen LogP contribution in [0.4, 0.5) is 0 Å². The number of thioether (sulfide) groups is 1. The monoisotopic (exact) mass is 580 g/mol. The van der Waals surface area contributed by atoms with Crippen LogP contribution in [0.15, 0.2) is 77.3 Å². The lowest BCUT2D eigenvalue weighted by Gasteiger charge is -2.31. The first-order valence-corrected chi connectivity index (χ1v) is 14.8. The Kier molecular flexibility index (Phi) is 11.7. The summed E-state index contributed by atoms with van der Waals surface area (Å²) >= 11 is 5.14. The van der Waals surface area contributed by atoms with Crippen molar-refractivity contribution in [3.8, 4) is 0 Å². The fourth-order valence-corrected chi connectivity index (χ4v) is 5.68. The Hall–Kier alpha value is -2.57. The molecule has 2 amide bonds. The summed E-state index contributed by atoms with van der Waals surface area (Å²) in [7, 11) is 0. The zero-order valence-electron chi connectivity index (χ0n) is 22.0. The molecule has 6 heteroatoms. The standard InChI is InChI=1S/C31H37BrN2O2S/c1-4-5-14-33-31(36)29(19-25-10-7-6-8-11-25)34(20-26-12-9-13-28(32)18-26)30(35)22-37-21-27-16-23(2)15-24(3)17-27/h6-13,15-18,29H,4-5,14,19-22H2,1-3H3,(H,33,36). The summed E-state index contributed by atoms with van der Waals surface area (Å²) in [5.74, 6) is 0.945. The molecular formula is C31H37BrN2O2S. The molecule has 1 N–H and O–H groups in total. The summed E-state index contributed by atoms with van der Waals surface area (Å²) in [5.41, 5.74) is 5.69. The molecule has 37 heavy (non-hydrogen) atoms. The van der Waals surface area contributed by atoms with Gasteiger partial charge in [-0.15, -0.1) is 11.8 Å². The Morgan fingerprint density at radius 1 is 0.919 bits per heavy atom. The van der Waals surface area contributed by atoms with Gasteiger partial charge in [0, 0.05) is 29.7 Å². The third-order valence-corrected chi connectivity index (χ3v) is 7.60. The van der Waals surface area contributed by atoms with Crippen molar-refractivity contribution in [2.45, 2.75) is 58.4 Å². The van der Waals surface area contributed by atoms with Crippen LogP contribution in [-0.2, 0) is 28.3 Å². The van der Waals surface area contributed by atoms with E-state index in [-0.39, 0.29) is 11.8 Å². The number of nitrogens with one attached hydrogen (secondary N) is 1. The minimum absolute atomic E-state index is 0.0269. The molecule has 196 valence electrons. The molecule has 0 aliphatic rings. The van der Waals surface area contributed by atoms with Crippen molar-refractivity contribution in [3.05, 3.63) is 105 Å². The first-order chi connectivity index (χ1) is 17.9. The number of halogens is 1. The Morgan fingerprint density at radius 3 is 2.30 bits per heavy atom. The number of carbonyl (C=O) groups is 2. The van der Waals surface area contributed by atoms with Crippen LogP contribution in [0.3, 0.4) is 0 Å². The molecule has 0 radical (unpaired) electrons. The van der Waals surface area contributed by atoms with Gasteiger partial charge in [-0.25, -0.2) is 0 Å². The molecular weight excluding hydrogens is 544 g/mol. The number of amides is 2. The topological polar surface area (TPSA) is 49.4 Å².